The van der Waals surface area contributed by atoms with Crippen LogP contribution in [0.5, 0.6) is 0 Å². The fraction of sp³-hybridized carbons (Fsp3) is 0.350. The number of benzene rings is 1. The third-order valence-corrected chi connectivity index (χ3v) is 6.68. The van der Waals surface area contributed by atoms with Gasteiger partial charge in [-0.25, -0.2) is 4.98 Å². The van der Waals surface area contributed by atoms with Crippen molar-refractivity contribution in [3.05, 3.63) is 51.1 Å². The molecular weight excluding hydrogens is 396 g/mol. The molecule has 2 aromatic heterocycles. The Morgan fingerprint density at radius 2 is 2.11 bits per heavy atom. The number of thioether (sulfide) groups is 1. The van der Waals surface area contributed by atoms with Gasteiger partial charge in [0, 0.05) is 17.1 Å². The van der Waals surface area contributed by atoms with Crippen LogP contribution in [0.1, 0.15) is 30.7 Å². The molecule has 0 aliphatic carbocycles. The zero-order valence-corrected chi connectivity index (χ0v) is 17.2. The molecular formula is C20H20N2O4S2. The van der Waals surface area contributed by atoms with Crippen LogP contribution < -0.4 is 5.56 Å². The van der Waals surface area contributed by atoms with Gasteiger partial charge in [-0.3, -0.25) is 14.2 Å². The first kappa shape index (κ1) is 19.2. The Kier molecular flexibility index (Phi) is 5.03. The highest BCUT2D eigenvalue weighted by molar-refractivity contribution is 7.99. The van der Waals surface area contributed by atoms with Gasteiger partial charge in [-0.1, -0.05) is 30.0 Å². The van der Waals surface area contributed by atoms with Gasteiger partial charge in [-0.2, -0.15) is 0 Å². The van der Waals surface area contributed by atoms with E-state index < -0.39 is 5.97 Å². The number of carboxylic acids is 1. The summed E-state index contributed by atoms with van der Waals surface area (Å²) in [6.45, 7) is 4.53. The van der Waals surface area contributed by atoms with Crippen LogP contribution in [0, 0.1) is 0 Å². The number of hydrogen-bond donors (Lipinski definition) is 1. The van der Waals surface area contributed by atoms with Crippen LogP contribution in [0.15, 0.2) is 40.3 Å². The van der Waals surface area contributed by atoms with Crippen molar-refractivity contribution in [1.82, 2.24) is 9.55 Å². The SMILES string of the molecule is CC1(C)Cc2c(sc3nc(SCCC(=O)O)n(-c4ccccc4)c(=O)c23)CO1. The molecule has 6 nitrogen and oxygen atoms in total. The molecule has 146 valence electrons. The summed E-state index contributed by atoms with van der Waals surface area (Å²) in [6, 6.07) is 9.36. The average Bonchev–Trinajstić information content (AvgIpc) is 2.99. The summed E-state index contributed by atoms with van der Waals surface area (Å²) in [7, 11) is 0. The molecule has 0 saturated heterocycles. The van der Waals surface area contributed by atoms with Crippen molar-refractivity contribution in [3.8, 4) is 5.69 Å². The lowest BCUT2D eigenvalue weighted by Crippen LogP contribution is -2.32. The van der Waals surface area contributed by atoms with Gasteiger partial charge in [0.05, 0.1) is 29.7 Å². The molecule has 1 aliphatic heterocycles. The number of fused-ring (bicyclic) bond motifs is 3. The molecule has 0 spiro atoms. The van der Waals surface area contributed by atoms with Gasteiger partial charge >= 0.3 is 5.97 Å². The summed E-state index contributed by atoms with van der Waals surface area (Å²) in [5.41, 5.74) is 1.33. The summed E-state index contributed by atoms with van der Waals surface area (Å²) < 4.78 is 7.50. The second-order valence-electron chi connectivity index (χ2n) is 7.27. The Hall–Kier alpha value is -2.16. The number of aliphatic carboxylic acids is 1. The molecule has 0 unspecified atom stereocenters. The summed E-state index contributed by atoms with van der Waals surface area (Å²) in [5.74, 6) is -0.519. The van der Waals surface area contributed by atoms with E-state index in [2.05, 4.69) is 0 Å². The highest BCUT2D eigenvalue weighted by Gasteiger charge is 2.31. The second-order valence-corrected chi connectivity index (χ2v) is 9.42. The molecule has 0 amide bonds. The van der Waals surface area contributed by atoms with Crippen LogP contribution in [0.25, 0.3) is 15.9 Å². The third kappa shape index (κ3) is 3.59. The molecule has 0 saturated carbocycles. The maximum Gasteiger partial charge on any atom is 0.304 e. The zero-order chi connectivity index (χ0) is 19.9. The van der Waals surface area contributed by atoms with E-state index in [4.69, 9.17) is 14.8 Å². The number of hydrogen-bond acceptors (Lipinski definition) is 6. The minimum absolute atomic E-state index is 0.0103. The maximum atomic E-state index is 13.6. The number of nitrogens with zero attached hydrogens (tertiary/aromatic N) is 2. The van der Waals surface area contributed by atoms with Crippen molar-refractivity contribution in [2.75, 3.05) is 5.75 Å². The number of carbonyl (C=O) groups is 1. The van der Waals surface area contributed by atoms with Crippen LogP contribution in [-0.2, 0) is 22.6 Å². The van der Waals surface area contributed by atoms with Crippen molar-refractivity contribution in [3.63, 3.8) is 0 Å². The number of rotatable bonds is 5. The fourth-order valence-electron chi connectivity index (χ4n) is 3.31. The van der Waals surface area contributed by atoms with E-state index >= 15 is 0 Å². The van der Waals surface area contributed by atoms with E-state index in [9.17, 15) is 9.59 Å². The van der Waals surface area contributed by atoms with Crippen LogP contribution >= 0.6 is 23.1 Å². The summed E-state index contributed by atoms with van der Waals surface area (Å²) in [5, 5.41) is 10.1. The molecule has 1 aliphatic rings. The van der Waals surface area contributed by atoms with Gasteiger partial charge in [0.2, 0.25) is 0 Å². The molecule has 1 N–H and O–H groups in total. The summed E-state index contributed by atoms with van der Waals surface area (Å²) in [4.78, 5) is 31.0. The van der Waals surface area contributed by atoms with E-state index in [1.165, 1.54) is 23.1 Å². The fourth-order valence-corrected chi connectivity index (χ4v) is 5.39. The molecule has 4 rings (SSSR count). The molecule has 3 heterocycles. The lowest BCUT2D eigenvalue weighted by Gasteiger charge is -2.29. The molecule has 0 atom stereocenters. The van der Waals surface area contributed by atoms with Crippen molar-refractivity contribution in [2.45, 2.75) is 44.1 Å². The Morgan fingerprint density at radius 1 is 1.36 bits per heavy atom. The van der Waals surface area contributed by atoms with Crippen LogP contribution in [0.3, 0.4) is 0 Å². The highest BCUT2D eigenvalue weighted by Crippen LogP contribution is 2.37. The standard InChI is InChI=1S/C20H20N2O4S2/c1-20(2)10-13-14(11-26-20)28-17-16(13)18(25)22(12-6-4-3-5-7-12)19(21-17)27-9-8-15(23)24/h3-7H,8-11H2,1-2H3,(H,23,24). The average molecular weight is 417 g/mol. The van der Waals surface area contributed by atoms with Gasteiger partial charge < -0.3 is 9.84 Å². The zero-order valence-electron chi connectivity index (χ0n) is 15.6. The Labute approximate surface area is 170 Å². The summed E-state index contributed by atoms with van der Waals surface area (Å²) >= 11 is 2.78. The van der Waals surface area contributed by atoms with E-state index in [0.29, 0.717) is 34.2 Å². The first-order valence-electron chi connectivity index (χ1n) is 8.97. The van der Waals surface area contributed by atoms with E-state index in [1.807, 2.05) is 44.2 Å². The van der Waals surface area contributed by atoms with Crippen LogP contribution in [-0.4, -0.2) is 32.0 Å². The normalized spacial score (nSPS) is 15.5. The number of aromatic nitrogens is 2. The van der Waals surface area contributed by atoms with Crippen LogP contribution in [0.2, 0.25) is 0 Å². The molecule has 0 radical (unpaired) electrons. The topological polar surface area (TPSA) is 81.4 Å². The Balaban J connectivity index is 1.91. The van der Waals surface area contributed by atoms with Gasteiger partial charge in [0.15, 0.2) is 5.16 Å². The Morgan fingerprint density at radius 3 is 2.82 bits per heavy atom. The van der Waals surface area contributed by atoms with Gasteiger partial charge in [0.25, 0.3) is 5.56 Å². The van der Waals surface area contributed by atoms with Gasteiger partial charge in [-0.05, 0) is 31.5 Å². The predicted molar refractivity (Wildman–Crippen MR) is 111 cm³/mol. The molecule has 1 aromatic carbocycles. The third-order valence-electron chi connectivity index (χ3n) is 4.64. The number of thiophene rings is 1. The van der Waals surface area contributed by atoms with E-state index in [-0.39, 0.29) is 17.6 Å². The molecule has 8 heteroatoms. The van der Waals surface area contributed by atoms with Crippen LogP contribution in [0.4, 0.5) is 0 Å². The molecule has 3 aromatic rings. The quantitative estimate of drug-likeness (QED) is 0.502. The Bertz CT molecular complexity index is 1100. The van der Waals surface area contributed by atoms with Gasteiger partial charge in [0.1, 0.15) is 4.83 Å². The minimum Gasteiger partial charge on any atom is -0.481 e. The molecule has 0 bridgehead atoms. The lowest BCUT2D eigenvalue weighted by molar-refractivity contribution is -0.136. The maximum absolute atomic E-state index is 13.6. The number of ether oxygens (including phenoxy) is 1. The first-order chi connectivity index (χ1) is 13.4. The predicted octanol–water partition coefficient (Wildman–Crippen LogP) is 3.87. The monoisotopic (exact) mass is 416 g/mol. The van der Waals surface area contributed by atoms with Crippen molar-refractivity contribution in [2.24, 2.45) is 0 Å². The van der Waals surface area contributed by atoms with Crippen molar-refractivity contribution in [1.29, 1.82) is 0 Å². The number of para-hydroxylation sites is 1. The van der Waals surface area contributed by atoms with E-state index in [1.54, 1.807) is 4.57 Å². The summed E-state index contributed by atoms with van der Waals surface area (Å²) in [6.07, 6.45) is 0.676. The second kappa shape index (κ2) is 7.35. The highest BCUT2D eigenvalue weighted by atomic mass is 32.2. The molecule has 28 heavy (non-hydrogen) atoms. The largest absolute Gasteiger partial charge is 0.481 e. The number of carboxylic acid groups (broad SMARTS) is 1. The minimum atomic E-state index is -0.867. The van der Waals surface area contributed by atoms with E-state index in [0.717, 1.165) is 16.1 Å². The smallest absolute Gasteiger partial charge is 0.304 e. The van der Waals surface area contributed by atoms with Crippen molar-refractivity contribution >= 4 is 39.3 Å². The van der Waals surface area contributed by atoms with Gasteiger partial charge in [-0.15, -0.1) is 11.3 Å². The first-order valence-corrected chi connectivity index (χ1v) is 10.8. The molecule has 0 fully saturated rings. The van der Waals surface area contributed by atoms with Crippen molar-refractivity contribution < 1.29 is 14.6 Å². The lowest BCUT2D eigenvalue weighted by atomic mass is 9.94.